The number of methoxy groups -OCH3 is 2. The van der Waals surface area contributed by atoms with Gasteiger partial charge in [-0.25, -0.2) is 0 Å². The van der Waals surface area contributed by atoms with Crippen LogP contribution in [0.25, 0.3) is 0 Å². The minimum atomic E-state index is -0.263. The molecule has 0 aromatic rings. The molecule has 0 unspecified atom stereocenters. The zero-order chi connectivity index (χ0) is 13.6. The van der Waals surface area contributed by atoms with Crippen molar-refractivity contribution in [2.24, 2.45) is 0 Å². The predicted molar refractivity (Wildman–Crippen MR) is 69.8 cm³/mol. The minimum Gasteiger partial charge on any atom is -0.469 e. The van der Waals surface area contributed by atoms with Gasteiger partial charge in [0.15, 0.2) is 0 Å². The van der Waals surface area contributed by atoms with E-state index in [9.17, 15) is 9.59 Å². The van der Waals surface area contributed by atoms with Crippen LogP contribution in [-0.2, 0) is 19.1 Å². The summed E-state index contributed by atoms with van der Waals surface area (Å²) in [6, 6.07) is 0. The van der Waals surface area contributed by atoms with Gasteiger partial charge in [-0.15, -0.1) is 0 Å². The molecule has 0 bridgehead atoms. The van der Waals surface area contributed by atoms with Crippen LogP contribution in [-0.4, -0.2) is 26.2 Å². The van der Waals surface area contributed by atoms with E-state index in [0.717, 1.165) is 0 Å². The van der Waals surface area contributed by atoms with E-state index < -0.39 is 0 Å². The molecule has 0 rings (SSSR count). The van der Waals surface area contributed by atoms with Crippen molar-refractivity contribution in [1.29, 1.82) is 0 Å². The molecule has 0 aromatic carbocycles. The van der Waals surface area contributed by atoms with E-state index in [1.165, 1.54) is 14.2 Å². The minimum absolute atomic E-state index is 0.263. The number of ether oxygens (including phenoxy) is 2. The molecule has 0 fully saturated rings. The lowest BCUT2D eigenvalue weighted by Gasteiger charge is -1.90. The van der Waals surface area contributed by atoms with E-state index >= 15 is 0 Å². The molecule has 0 radical (unpaired) electrons. The van der Waals surface area contributed by atoms with Crippen LogP contribution in [0.15, 0.2) is 48.6 Å². The molecular weight excluding hydrogens is 232 g/mol. The quantitative estimate of drug-likeness (QED) is 0.514. The van der Waals surface area contributed by atoms with Crippen LogP contribution in [0.3, 0.4) is 0 Å². The topological polar surface area (TPSA) is 52.6 Å². The Hall–Kier alpha value is -2.10. The van der Waals surface area contributed by atoms with Crippen molar-refractivity contribution in [2.75, 3.05) is 14.2 Å². The third kappa shape index (κ3) is 10.4. The second kappa shape index (κ2) is 11.4. The van der Waals surface area contributed by atoms with Crippen molar-refractivity contribution >= 4 is 11.9 Å². The fourth-order valence-electron chi connectivity index (χ4n) is 0.909. The van der Waals surface area contributed by atoms with Gasteiger partial charge in [0.2, 0.25) is 0 Å². The molecule has 0 spiro atoms. The lowest BCUT2D eigenvalue weighted by Crippen LogP contribution is -1.96. The van der Waals surface area contributed by atoms with Gasteiger partial charge in [0, 0.05) is 0 Å². The van der Waals surface area contributed by atoms with Gasteiger partial charge >= 0.3 is 11.9 Å². The van der Waals surface area contributed by atoms with E-state index in [-0.39, 0.29) is 24.8 Å². The summed E-state index contributed by atoms with van der Waals surface area (Å²) in [6.45, 7) is 0. The molecule has 0 amide bonds. The molecule has 4 nitrogen and oxygen atoms in total. The van der Waals surface area contributed by atoms with Gasteiger partial charge in [0.25, 0.3) is 0 Å². The normalized spacial score (nSPS) is 11.9. The maximum atomic E-state index is 10.7. The Morgan fingerprint density at radius 2 is 1.06 bits per heavy atom. The van der Waals surface area contributed by atoms with Crippen LogP contribution in [0, 0.1) is 0 Å². The van der Waals surface area contributed by atoms with Crippen LogP contribution in [0.4, 0.5) is 0 Å². The van der Waals surface area contributed by atoms with Gasteiger partial charge in [-0.3, -0.25) is 9.59 Å². The summed E-state index contributed by atoms with van der Waals surface area (Å²) in [5.41, 5.74) is 0. The van der Waals surface area contributed by atoms with Crippen molar-refractivity contribution < 1.29 is 19.1 Å². The highest BCUT2D eigenvalue weighted by Crippen LogP contribution is 1.90. The van der Waals surface area contributed by atoms with Crippen LogP contribution in [0.2, 0.25) is 0 Å². The highest BCUT2D eigenvalue weighted by atomic mass is 16.5. The van der Waals surface area contributed by atoms with E-state index in [2.05, 4.69) is 9.47 Å². The van der Waals surface area contributed by atoms with Gasteiger partial charge in [0.1, 0.15) is 0 Å². The smallest absolute Gasteiger partial charge is 0.309 e. The maximum Gasteiger partial charge on any atom is 0.309 e. The number of carbonyl (C=O) groups is 2. The molecule has 0 saturated carbocycles. The van der Waals surface area contributed by atoms with Gasteiger partial charge in [-0.2, -0.15) is 0 Å². The van der Waals surface area contributed by atoms with E-state index in [0.29, 0.717) is 0 Å². The number of hydrogen-bond donors (Lipinski definition) is 0. The molecule has 0 atom stereocenters. The number of esters is 2. The van der Waals surface area contributed by atoms with Gasteiger partial charge < -0.3 is 9.47 Å². The number of rotatable bonds is 7. The first-order chi connectivity index (χ1) is 8.70. The van der Waals surface area contributed by atoms with Gasteiger partial charge in [0.05, 0.1) is 27.1 Å². The lowest BCUT2D eigenvalue weighted by atomic mass is 10.3. The average Bonchev–Trinajstić information content (AvgIpc) is 2.40. The third-order valence-corrected chi connectivity index (χ3v) is 1.85. The molecule has 18 heavy (non-hydrogen) atoms. The zero-order valence-corrected chi connectivity index (χ0v) is 10.7. The first-order valence-electron chi connectivity index (χ1n) is 5.49. The number of hydrogen-bond acceptors (Lipinski definition) is 4. The molecule has 4 heteroatoms. The molecule has 0 aliphatic carbocycles. The van der Waals surface area contributed by atoms with Crippen molar-refractivity contribution in [3.63, 3.8) is 0 Å². The summed E-state index contributed by atoms with van der Waals surface area (Å²) >= 11 is 0. The Morgan fingerprint density at radius 1 is 0.722 bits per heavy atom. The van der Waals surface area contributed by atoms with Crippen LogP contribution < -0.4 is 0 Å². The molecule has 0 aliphatic rings. The molecular formula is C14H18O4. The molecule has 0 N–H and O–H groups in total. The lowest BCUT2D eigenvalue weighted by molar-refractivity contribution is -0.140. The maximum absolute atomic E-state index is 10.7. The van der Waals surface area contributed by atoms with Crippen molar-refractivity contribution in [2.45, 2.75) is 12.8 Å². The Morgan fingerprint density at radius 3 is 1.39 bits per heavy atom. The van der Waals surface area contributed by atoms with Gasteiger partial charge in [-0.1, -0.05) is 48.6 Å². The SMILES string of the molecule is COC(=O)C/C=C/C=C/C=C/C=C/CC(=O)OC. The summed E-state index contributed by atoms with van der Waals surface area (Å²) in [4.78, 5) is 21.5. The molecule has 0 heterocycles. The summed E-state index contributed by atoms with van der Waals surface area (Å²) in [5, 5.41) is 0. The standard InChI is InChI=1S/C14H18O4/c1-17-13(15)11-9-7-5-3-4-6-8-10-12-14(16)18-2/h3-10H,11-12H2,1-2H3/b5-3+,6-4+,9-7+,10-8+. The largest absolute Gasteiger partial charge is 0.469 e. The highest BCUT2D eigenvalue weighted by Gasteiger charge is 1.92. The number of allylic oxidation sites excluding steroid dienone is 6. The van der Waals surface area contributed by atoms with Crippen LogP contribution in [0.1, 0.15) is 12.8 Å². The summed E-state index contributed by atoms with van der Waals surface area (Å²) < 4.78 is 8.95. The van der Waals surface area contributed by atoms with E-state index in [1.807, 2.05) is 12.2 Å². The Labute approximate surface area is 107 Å². The molecule has 0 saturated heterocycles. The van der Waals surface area contributed by atoms with E-state index in [1.54, 1.807) is 36.5 Å². The fraction of sp³-hybridized carbons (Fsp3) is 0.286. The fourth-order valence-corrected chi connectivity index (χ4v) is 0.909. The van der Waals surface area contributed by atoms with Crippen molar-refractivity contribution in [3.05, 3.63) is 48.6 Å². The van der Waals surface area contributed by atoms with Crippen molar-refractivity contribution in [3.8, 4) is 0 Å². The average molecular weight is 250 g/mol. The monoisotopic (exact) mass is 250 g/mol. The van der Waals surface area contributed by atoms with Crippen LogP contribution in [0.5, 0.6) is 0 Å². The first-order valence-corrected chi connectivity index (χ1v) is 5.49. The molecule has 0 aromatic heterocycles. The van der Waals surface area contributed by atoms with E-state index in [4.69, 9.17) is 0 Å². The Balaban J connectivity index is 3.75. The zero-order valence-electron chi connectivity index (χ0n) is 10.7. The van der Waals surface area contributed by atoms with Crippen LogP contribution >= 0.6 is 0 Å². The van der Waals surface area contributed by atoms with Crippen molar-refractivity contribution in [1.82, 2.24) is 0 Å². The summed E-state index contributed by atoms with van der Waals surface area (Å²) in [6.07, 6.45) is 14.7. The summed E-state index contributed by atoms with van der Waals surface area (Å²) in [7, 11) is 2.71. The Bertz CT molecular complexity index is 326. The Kier molecular flexibility index (Phi) is 10.1. The first kappa shape index (κ1) is 15.9. The second-order valence-corrected chi connectivity index (χ2v) is 3.19. The second-order valence-electron chi connectivity index (χ2n) is 3.19. The predicted octanol–water partition coefficient (Wildman–Crippen LogP) is 2.34. The molecule has 98 valence electrons. The van der Waals surface area contributed by atoms with Gasteiger partial charge in [-0.05, 0) is 0 Å². The highest BCUT2D eigenvalue weighted by molar-refractivity contribution is 5.71. The molecule has 0 aliphatic heterocycles. The third-order valence-electron chi connectivity index (χ3n) is 1.85. The summed E-state index contributed by atoms with van der Waals surface area (Å²) in [5.74, 6) is -0.526. The number of carbonyl (C=O) groups excluding carboxylic acids is 2.